The second kappa shape index (κ2) is 3.37. The van der Waals surface area contributed by atoms with Gasteiger partial charge in [-0.15, -0.1) is 0 Å². The van der Waals surface area contributed by atoms with E-state index in [1.54, 1.807) is 16.8 Å². The van der Waals surface area contributed by atoms with Gasteiger partial charge in [-0.2, -0.15) is 0 Å². The lowest BCUT2D eigenvalue weighted by Gasteiger charge is -2.08. The van der Waals surface area contributed by atoms with Gasteiger partial charge in [0.05, 0.1) is 4.47 Å². The molecule has 1 atom stereocenters. The van der Waals surface area contributed by atoms with Crippen LogP contribution in [0.25, 0.3) is 0 Å². The number of anilines is 1. The van der Waals surface area contributed by atoms with Gasteiger partial charge < -0.3 is 10.3 Å². The van der Waals surface area contributed by atoms with Gasteiger partial charge in [0, 0.05) is 18.4 Å². The average molecular weight is 271 g/mol. The molecule has 1 aromatic heterocycles. The molecular weight excluding hydrogens is 256 g/mol. The Balaban J connectivity index is 2.26. The molecule has 1 fully saturated rings. The summed E-state index contributed by atoms with van der Waals surface area (Å²) >= 11 is 3.22. The van der Waals surface area contributed by atoms with Gasteiger partial charge in [0.25, 0.3) is 5.56 Å². The summed E-state index contributed by atoms with van der Waals surface area (Å²) in [5.74, 6) is 0.601. The van der Waals surface area contributed by atoms with Crippen LogP contribution in [0.1, 0.15) is 20.3 Å². The molecule has 2 N–H and O–H groups in total. The van der Waals surface area contributed by atoms with Crippen LogP contribution in [0.2, 0.25) is 0 Å². The summed E-state index contributed by atoms with van der Waals surface area (Å²) in [6.45, 7) is 5.23. The highest BCUT2D eigenvalue weighted by molar-refractivity contribution is 9.10. The van der Waals surface area contributed by atoms with E-state index in [2.05, 4.69) is 29.8 Å². The first-order valence-electron chi connectivity index (χ1n) is 5.05. The monoisotopic (exact) mass is 270 g/mol. The topological polar surface area (TPSA) is 48.0 Å². The fourth-order valence-electron chi connectivity index (χ4n) is 1.88. The first-order valence-corrected chi connectivity index (χ1v) is 5.85. The zero-order valence-electron chi connectivity index (χ0n) is 8.96. The standard InChI is InChI=1S/C11H15BrN2O/c1-11(2)4-7(11)5-14-6-8(13)3-9(12)10(14)15/h3,6-7H,4-5,13H2,1-2H3. The van der Waals surface area contributed by atoms with Gasteiger partial charge in [0.15, 0.2) is 0 Å². The van der Waals surface area contributed by atoms with Crippen LogP contribution >= 0.6 is 15.9 Å². The summed E-state index contributed by atoms with van der Waals surface area (Å²) in [7, 11) is 0. The number of nitrogen functional groups attached to an aromatic ring is 1. The SMILES string of the molecule is CC1(C)CC1Cn1cc(N)cc(Br)c1=O. The maximum absolute atomic E-state index is 11.8. The molecule has 4 heteroatoms. The quantitative estimate of drug-likeness (QED) is 0.896. The van der Waals surface area contributed by atoms with Gasteiger partial charge >= 0.3 is 0 Å². The summed E-state index contributed by atoms with van der Waals surface area (Å²) < 4.78 is 2.25. The van der Waals surface area contributed by atoms with Crippen molar-refractivity contribution in [3.05, 3.63) is 27.1 Å². The third-order valence-electron chi connectivity index (χ3n) is 3.20. The van der Waals surface area contributed by atoms with Gasteiger partial charge in [0.2, 0.25) is 0 Å². The molecule has 0 aromatic carbocycles. The van der Waals surface area contributed by atoms with Crippen LogP contribution in [-0.2, 0) is 6.54 Å². The molecule has 0 spiro atoms. The van der Waals surface area contributed by atoms with E-state index in [0.29, 0.717) is 21.5 Å². The number of rotatable bonds is 2. The molecule has 82 valence electrons. The third-order valence-corrected chi connectivity index (χ3v) is 3.77. The largest absolute Gasteiger partial charge is 0.398 e. The molecule has 2 rings (SSSR count). The molecule has 1 aromatic rings. The number of nitrogens with two attached hydrogens (primary N) is 1. The molecule has 0 aliphatic heterocycles. The van der Waals surface area contributed by atoms with Gasteiger partial charge in [-0.05, 0) is 39.8 Å². The minimum Gasteiger partial charge on any atom is -0.398 e. The van der Waals surface area contributed by atoms with Crippen molar-refractivity contribution in [2.75, 3.05) is 5.73 Å². The Morgan fingerprint density at radius 2 is 2.27 bits per heavy atom. The van der Waals surface area contributed by atoms with Gasteiger partial charge in [-0.3, -0.25) is 4.79 Å². The minimum absolute atomic E-state index is 0.00639. The van der Waals surface area contributed by atoms with Crippen LogP contribution < -0.4 is 11.3 Å². The maximum atomic E-state index is 11.8. The Labute approximate surface area is 97.4 Å². The van der Waals surface area contributed by atoms with Crippen molar-refractivity contribution < 1.29 is 0 Å². The van der Waals surface area contributed by atoms with E-state index >= 15 is 0 Å². The predicted octanol–water partition coefficient (Wildman–Crippen LogP) is 2.24. The van der Waals surface area contributed by atoms with Crippen molar-refractivity contribution in [1.29, 1.82) is 0 Å². The first kappa shape index (κ1) is 10.7. The fraction of sp³-hybridized carbons (Fsp3) is 0.545. The Morgan fingerprint density at radius 3 is 2.80 bits per heavy atom. The Bertz CT molecular complexity index is 450. The summed E-state index contributed by atoms with van der Waals surface area (Å²) in [6.07, 6.45) is 2.91. The Kier molecular flexibility index (Phi) is 2.41. The van der Waals surface area contributed by atoms with Crippen molar-refractivity contribution in [1.82, 2.24) is 4.57 Å². The number of pyridine rings is 1. The highest BCUT2D eigenvalue weighted by Gasteiger charge is 2.45. The minimum atomic E-state index is 0.00639. The molecule has 1 heterocycles. The van der Waals surface area contributed by atoms with Crippen LogP contribution in [0.3, 0.4) is 0 Å². The smallest absolute Gasteiger partial charge is 0.264 e. The molecule has 1 saturated carbocycles. The van der Waals surface area contributed by atoms with Gasteiger partial charge in [0.1, 0.15) is 0 Å². The zero-order chi connectivity index (χ0) is 11.2. The number of halogens is 1. The van der Waals surface area contributed by atoms with Crippen molar-refractivity contribution in [2.45, 2.75) is 26.8 Å². The zero-order valence-corrected chi connectivity index (χ0v) is 10.5. The molecule has 0 saturated heterocycles. The normalized spacial score (nSPS) is 22.7. The first-order chi connectivity index (χ1) is 6.90. The molecule has 0 amide bonds. The van der Waals surface area contributed by atoms with Gasteiger partial charge in [-0.25, -0.2) is 0 Å². The number of hydrogen-bond donors (Lipinski definition) is 1. The summed E-state index contributed by atoms with van der Waals surface area (Å²) in [5.41, 5.74) is 6.72. The average Bonchev–Trinajstić information content (AvgIpc) is 2.69. The van der Waals surface area contributed by atoms with E-state index in [1.807, 2.05) is 0 Å². The summed E-state index contributed by atoms with van der Waals surface area (Å²) in [6, 6.07) is 1.65. The van der Waals surface area contributed by atoms with E-state index in [4.69, 9.17) is 5.73 Å². The number of nitrogens with zero attached hydrogens (tertiary/aromatic N) is 1. The van der Waals surface area contributed by atoms with Gasteiger partial charge in [-0.1, -0.05) is 13.8 Å². The van der Waals surface area contributed by atoms with Crippen molar-refractivity contribution >= 4 is 21.6 Å². The highest BCUT2D eigenvalue weighted by Crippen LogP contribution is 2.52. The number of aromatic nitrogens is 1. The molecule has 3 nitrogen and oxygen atoms in total. The van der Waals surface area contributed by atoms with E-state index in [9.17, 15) is 4.79 Å². The van der Waals surface area contributed by atoms with Crippen molar-refractivity contribution in [2.24, 2.45) is 11.3 Å². The summed E-state index contributed by atoms with van der Waals surface area (Å²) in [5, 5.41) is 0. The lowest BCUT2D eigenvalue weighted by molar-refractivity contribution is 0.491. The Hall–Kier alpha value is -0.770. The second-order valence-electron chi connectivity index (χ2n) is 4.97. The molecule has 15 heavy (non-hydrogen) atoms. The van der Waals surface area contributed by atoms with Crippen LogP contribution in [0, 0.1) is 11.3 Å². The molecule has 1 unspecified atom stereocenters. The Morgan fingerprint density at radius 1 is 1.67 bits per heavy atom. The van der Waals surface area contributed by atoms with E-state index < -0.39 is 0 Å². The van der Waals surface area contributed by atoms with E-state index in [-0.39, 0.29) is 5.56 Å². The number of hydrogen-bond acceptors (Lipinski definition) is 2. The predicted molar refractivity (Wildman–Crippen MR) is 64.7 cm³/mol. The maximum Gasteiger partial charge on any atom is 0.264 e. The van der Waals surface area contributed by atoms with Crippen LogP contribution in [0.4, 0.5) is 5.69 Å². The molecule has 1 aliphatic rings. The second-order valence-corrected chi connectivity index (χ2v) is 5.82. The lowest BCUT2D eigenvalue weighted by atomic mass is 10.1. The van der Waals surface area contributed by atoms with Crippen LogP contribution in [0.15, 0.2) is 21.5 Å². The lowest BCUT2D eigenvalue weighted by Crippen LogP contribution is -2.22. The molecule has 1 aliphatic carbocycles. The highest BCUT2D eigenvalue weighted by atomic mass is 79.9. The van der Waals surface area contributed by atoms with Crippen LogP contribution in [-0.4, -0.2) is 4.57 Å². The van der Waals surface area contributed by atoms with Crippen LogP contribution in [0.5, 0.6) is 0 Å². The van der Waals surface area contributed by atoms with E-state index in [1.165, 1.54) is 6.42 Å². The van der Waals surface area contributed by atoms with Crippen molar-refractivity contribution in [3.63, 3.8) is 0 Å². The summed E-state index contributed by atoms with van der Waals surface area (Å²) in [4.78, 5) is 11.8. The third kappa shape index (κ3) is 2.09. The van der Waals surface area contributed by atoms with Crippen molar-refractivity contribution in [3.8, 4) is 0 Å². The fourth-order valence-corrected chi connectivity index (χ4v) is 2.37. The molecular formula is C11H15BrN2O. The molecule has 0 radical (unpaired) electrons. The molecule has 0 bridgehead atoms. The van der Waals surface area contributed by atoms with E-state index in [0.717, 1.165) is 6.54 Å².